The fourth-order valence-corrected chi connectivity index (χ4v) is 2.95. The first-order chi connectivity index (χ1) is 9.45. The molecule has 3 heteroatoms. The highest BCUT2D eigenvalue weighted by atomic mass is 16.5. The predicted octanol–water partition coefficient (Wildman–Crippen LogP) is 3.93. The molecule has 3 nitrogen and oxygen atoms in total. The lowest BCUT2D eigenvalue weighted by Gasteiger charge is -2.35. The van der Waals surface area contributed by atoms with Gasteiger partial charge in [-0.05, 0) is 44.6 Å². The average molecular weight is 276 g/mol. The van der Waals surface area contributed by atoms with Crippen LogP contribution in [0.2, 0.25) is 0 Å². The summed E-state index contributed by atoms with van der Waals surface area (Å²) in [6.07, 6.45) is 2.72. The molecule has 1 fully saturated rings. The van der Waals surface area contributed by atoms with Gasteiger partial charge in [0.1, 0.15) is 5.75 Å². The summed E-state index contributed by atoms with van der Waals surface area (Å²) in [5.41, 5.74) is 7.99. The van der Waals surface area contributed by atoms with Crippen LogP contribution in [0, 0.1) is 11.8 Å². The highest BCUT2D eigenvalue weighted by molar-refractivity contribution is 5.60. The molecular weight excluding hydrogens is 248 g/mol. The molecule has 0 bridgehead atoms. The van der Waals surface area contributed by atoms with Crippen LogP contribution in [0.5, 0.6) is 5.75 Å². The van der Waals surface area contributed by atoms with Crippen LogP contribution in [0.1, 0.15) is 40.5 Å². The van der Waals surface area contributed by atoms with Gasteiger partial charge in [-0.25, -0.2) is 0 Å². The van der Waals surface area contributed by atoms with Crippen LogP contribution < -0.4 is 15.4 Å². The summed E-state index contributed by atoms with van der Waals surface area (Å²) >= 11 is 0. The average Bonchev–Trinajstić information content (AvgIpc) is 2.37. The summed E-state index contributed by atoms with van der Waals surface area (Å²) in [5.74, 6) is 2.53. The van der Waals surface area contributed by atoms with Crippen LogP contribution in [0.15, 0.2) is 18.2 Å². The minimum absolute atomic E-state index is 0.177. The lowest BCUT2D eigenvalue weighted by Crippen LogP contribution is -2.35. The third kappa shape index (κ3) is 3.81. The number of nitrogens with two attached hydrogens (primary N) is 1. The van der Waals surface area contributed by atoms with E-state index in [1.165, 1.54) is 18.5 Å². The van der Waals surface area contributed by atoms with E-state index >= 15 is 0 Å². The van der Waals surface area contributed by atoms with Crippen molar-refractivity contribution >= 4 is 11.4 Å². The number of hydrogen-bond acceptors (Lipinski definition) is 3. The minimum Gasteiger partial charge on any atom is -0.491 e. The molecule has 1 aromatic carbocycles. The third-order valence-electron chi connectivity index (χ3n) is 4.13. The van der Waals surface area contributed by atoms with Crippen molar-refractivity contribution in [3.05, 3.63) is 18.2 Å². The maximum Gasteiger partial charge on any atom is 0.123 e. The topological polar surface area (TPSA) is 38.5 Å². The first-order valence-electron chi connectivity index (χ1n) is 7.78. The van der Waals surface area contributed by atoms with Gasteiger partial charge in [-0.3, -0.25) is 0 Å². The highest BCUT2D eigenvalue weighted by Gasteiger charge is 2.22. The Hall–Kier alpha value is -1.38. The number of ether oxygens (including phenoxy) is 1. The van der Waals surface area contributed by atoms with E-state index in [0.29, 0.717) is 0 Å². The van der Waals surface area contributed by atoms with Gasteiger partial charge in [-0.2, -0.15) is 0 Å². The Morgan fingerprint density at radius 2 is 1.75 bits per heavy atom. The van der Waals surface area contributed by atoms with Gasteiger partial charge >= 0.3 is 0 Å². The Morgan fingerprint density at radius 3 is 2.30 bits per heavy atom. The monoisotopic (exact) mass is 276 g/mol. The molecule has 1 heterocycles. The van der Waals surface area contributed by atoms with Gasteiger partial charge in [0, 0.05) is 36.6 Å². The zero-order valence-corrected chi connectivity index (χ0v) is 13.2. The van der Waals surface area contributed by atoms with Gasteiger partial charge in [0.25, 0.3) is 0 Å². The summed E-state index contributed by atoms with van der Waals surface area (Å²) in [6.45, 7) is 11.0. The van der Waals surface area contributed by atoms with Crippen LogP contribution in [0.3, 0.4) is 0 Å². The van der Waals surface area contributed by atoms with Crippen molar-refractivity contribution < 1.29 is 4.74 Å². The molecule has 112 valence electrons. The van der Waals surface area contributed by atoms with Crippen molar-refractivity contribution in [1.29, 1.82) is 0 Å². The molecule has 0 spiro atoms. The zero-order valence-electron chi connectivity index (χ0n) is 13.2. The first kappa shape index (κ1) is 15.0. The molecule has 1 aliphatic heterocycles. The molecule has 20 heavy (non-hydrogen) atoms. The van der Waals surface area contributed by atoms with Gasteiger partial charge in [0.2, 0.25) is 0 Å². The standard InChI is InChI=1S/C17H28N2O/c1-12(2)14-5-7-19(8-6-14)16-9-15(18)10-17(11-16)20-13(3)4/h9-14H,5-8,18H2,1-4H3. The summed E-state index contributed by atoms with van der Waals surface area (Å²) in [5, 5.41) is 0. The molecule has 1 saturated heterocycles. The van der Waals surface area contributed by atoms with Crippen molar-refractivity contribution in [3.63, 3.8) is 0 Å². The zero-order chi connectivity index (χ0) is 14.7. The van der Waals surface area contributed by atoms with E-state index in [4.69, 9.17) is 10.5 Å². The Labute approximate surface area is 123 Å². The van der Waals surface area contributed by atoms with Gasteiger partial charge in [0.05, 0.1) is 6.10 Å². The number of benzene rings is 1. The number of piperidine rings is 1. The Bertz CT molecular complexity index is 435. The van der Waals surface area contributed by atoms with E-state index in [0.717, 1.165) is 36.4 Å². The van der Waals surface area contributed by atoms with Crippen molar-refractivity contribution in [2.75, 3.05) is 23.7 Å². The molecule has 0 aromatic heterocycles. The van der Waals surface area contributed by atoms with E-state index in [9.17, 15) is 0 Å². The fraction of sp³-hybridized carbons (Fsp3) is 0.647. The van der Waals surface area contributed by atoms with Crippen LogP contribution in [-0.2, 0) is 0 Å². The summed E-state index contributed by atoms with van der Waals surface area (Å²) in [4.78, 5) is 2.43. The Morgan fingerprint density at radius 1 is 1.10 bits per heavy atom. The molecule has 1 aromatic rings. The largest absolute Gasteiger partial charge is 0.491 e. The number of rotatable bonds is 4. The van der Waals surface area contributed by atoms with E-state index < -0.39 is 0 Å². The van der Waals surface area contributed by atoms with Gasteiger partial charge in [0.15, 0.2) is 0 Å². The van der Waals surface area contributed by atoms with Crippen LogP contribution in [-0.4, -0.2) is 19.2 Å². The normalized spacial score (nSPS) is 17.0. The van der Waals surface area contributed by atoms with E-state index in [-0.39, 0.29) is 6.10 Å². The first-order valence-corrected chi connectivity index (χ1v) is 7.78. The summed E-state index contributed by atoms with van der Waals surface area (Å²) in [6, 6.07) is 6.08. The van der Waals surface area contributed by atoms with Crippen molar-refractivity contribution in [2.24, 2.45) is 11.8 Å². The number of anilines is 2. The van der Waals surface area contributed by atoms with Gasteiger partial charge < -0.3 is 15.4 Å². The molecular formula is C17H28N2O. The predicted molar refractivity (Wildman–Crippen MR) is 86.4 cm³/mol. The molecule has 0 saturated carbocycles. The number of nitrogens with zero attached hydrogens (tertiary/aromatic N) is 1. The number of hydrogen-bond donors (Lipinski definition) is 1. The number of nitrogen functional groups attached to an aromatic ring is 1. The van der Waals surface area contributed by atoms with E-state index in [2.05, 4.69) is 30.9 Å². The fourth-order valence-electron chi connectivity index (χ4n) is 2.95. The van der Waals surface area contributed by atoms with Crippen LogP contribution in [0.4, 0.5) is 11.4 Å². The maximum atomic E-state index is 6.01. The van der Waals surface area contributed by atoms with E-state index in [1.54, 1.807) is 0 Å². The smallest absolute Gasteiger partial charge is 0.123 e. The molecule has 2 N–H and O–H groups in total. The lowest BCUT2D eigenvalue weighted by molar-refractivity contribution is 0.242. The summed E-state index contributed by atoms with van der Waals surface area (Å²) in [7, 11) is 0. The lowest BCUT2D eigenvalue weighted by atomic mass is 9.86. The quantitative estimate of drug-likeness (QED) is 0.847. The van der Waals surface area contributed by atoms with Gasteiger partial charge in [-0.1, -0.05) is 13.8 Å². The molecule has 0 unspecified atom stereocenters. The third-order valence-corrected chi connectivity index (χ3v) is 4.13. The SMILES string of the molecule is CC(C)Oc1cc(N)cc(N2CCC(C(C)C)CC2)c1. The molecule has 0 amide bonds. The maximum absolute atomic E-state index is 6.01. The second-order valence-electron chi connectivity index (χ2n) is 6.50. The molecule has 1 aliphatic rings. The highest BCUT2D eigenvalue weighted by Crippen LogP contribution is 2.31. The van der Waals surface area contributed by atoms with Gasteiger partial charge in [-0.15, -0.1) is 0 Å². The second-order valence-corrected chi connectivity index (χ2v) is 6.50. The Balaban J connectivity index is 2.07. The van der Waals surface area contributed by atoms with Crippen molar-refractivity contribution in [3.8, 4) is 5.75 Å². The Kier molecular flexibility index (Phi) is 4.79. The molecule has 0 aliphatic carbocycles. The van der Waals surface area contributed by atoms with Crippen molar-refractivity contribution in [2.45, 2.75) is 46.6 Å². The van der Waals surface area contributed by atoms with E-state index in [1.807, 2.05) is 19.9 Å². The van der Waals surface area contributed by atoms with Crippen LogP contribution in [0.25, 0.3) is 0 Å². The van der Waals surface area contributed by atoms with Crippen LogP contribution >= 0.6 is 0 Å². The summed E-state index contributed by atoms with van der Waals surface area (Å²) < 4.78 is 5.78. The van der Waals surface area contributed by atoms with Crippen molar-refractivity contribution in [1.82, 2.24) is 0 Å². The molecule has 0 atom stereocenters. The second kappa shape index (κ2) is 6.38. The molecule has 0 radical (unpaired) electrons. The minimum atomic E-state index is 0.177. The molecule has 2 rings (SSSR count).